The van der Waals surface area contributed by atoms with Crippen molar-refractivity contribution in [2.24, 2.45) is 7.05 Å². The lowest BCUT2D eigenvalue weighted by molar-refractivity contribution is 0.0946. The molecule has 0 saturated carbocycles. The van der Waals surface area contributed by atoms with E-state index in [1.165, 1.54) is 5.56 Å². The van der Waals surface area contributed by atoms with Crippen LogP contribution in [0.15, 0.2) is 41.6 Å². The van der Waals surface area contributed by atoms with Gasteiger partial charge in [0.25, 0.3) is 11.5 Å². The second kappa shape index (κ2) is 7.05. The summed E-state index contributed by atoms with van der Waals surface area (Å²) in [6.07, 6.45) is 5.20. The van der Waals surface area contributed by atoms with Crippen LogP contribution in [-0.2, 0) is 13.6 Å². The smallest absolute Gasteiger partial charge is 0.292 e. The number of hydrogen-bond donors (Lipinski definition) is 2. The van der Waals surface area contributed by atoms with Gasteiger partial charge in [-0.15, -0.1) is 0 Å². The van der Waals surface area contributed by atoms with Gasteiger partial charge in [0.15, 0.2) is 0 Å². The summed E-state index contributed by atoms with van der Waals surface area (Å²) >= 11 is 0. The molecule has 29 heavy (non-hydrogen) atoms. The van der Waals surface area contributed by atoms with Gasteiger partial charge in [-0.2, -0.15) is 5.10 Å². The molecule has 1 amide bonds. The lowest BCUT2D eigenvalue weighted by Gasteiger charge is -2.06. The number of nitrogens with one attached hydrogen (secondary N) is 2. The molecular weight excluding hydrogens is 368 g/mol. The summed E-state index contributed by atoms with van der Waals surface area (Å²) in [5.74, 6) is -0.343. The highest BCUT2D eigenvalue weighted by atomic mass is 16.2. The minimum Gasteiger partial charge on any atom is -0.346 e. The molecule has 3 aromatic heterocycles. The monoisotopic (exact) mass is 390 g/mol. The summed E-state index contributed by atoms with van der Waals surface area (Å²) in [6, 6.07) is 5.99. The standard InChI is InChI=1S/C21H22N6O2/c1-12-5-6-15(7-13(12)2)17-10-27-11-18(23-19(27)21(29)24-17)20(28)22-8-16-9-26(4)25-14(16)3/h5-7,9-11H,8H2,1-4H3,(H,22,28)(H,24,29). The summed E-state index contributed by atoms with van der Waals surface area (Å²) in [7, 11) is 1.83. The topological polar surface area (TPSA) is 97.1 Å². The van der Waals surface area contributed by atoms with Crippen LogP contribution < -0.4 is 10.9 Å². The van der Waals surface area contributed by atoms with Crippen molar-refractivity contribution >= 4 is 11.6 Å². The maximum atomic E-state index is 12.5. The van der Waals surface area contributed by atoms with Crippen LogP contribution in [0.2, 0.25) is 0 Å². The predicted octanol–water partition coefficient (Wildman–Crippen LogP) is 2.28. The second-order valence-electron chi connectivity index (χ2n) is 7.25. The highest BCUT2D eigenvalue weighted by molar-refractivity contribution is 5.92. The molecule has 0 atom stereocenters. The van der Waals surface area contributed by atoms with Crippen molar-refractivity contribution in [3.8, 4) is 11.3 Å². The summed E-state index contributed by atoms with van der Waals surface area (Å²) in [5, 5.41) is 7.09. The van der Waals surface area contributed by atoms with Gasteiger partial charge >= 0.3 is 0 Å². The Labute approximate surface area is 167 Å². The van der Waals surface area contributed by atoms with E-state index in [-0.39, 0.29) is 22.8 Å². The van der Waals surface area contributed by atoms with E-state index in [9.17, 15) is 9.59 Å². The number of aryl methyl sites for hydroxylation is 4. The highest BCUT2D eigenvalue weighted by Crippen LogP contribution is 2.19. The quantitative estimate of drug-likeness (QED) is 0.559. The zero-order valence-corrected chi connectivity index (χ0v) is 16.8. The van der Waals surface area contributed by atoms with Crippen LogP contribution in [0.25, 0.3) is 16.9 Å². The summed E-state index contributed by atoms with van der Waals surface area (Å²) in [4.78, 5) is 32.1. The zero-order valence-electron chi connectivity index (χ0n) is 16.8. The van der Waals surface area contributed by atoms with Crippen molar-refractivity contribution in [3.05, 3.63) is 75.2 Å². The number of rotatable bonds is 4. The molecule has 0 fully saturated rings. The van der Waals surface area contributed by atoms with Gasteiger partial charge in [-0.05, 0) is 43.5 Å². The number of carbonyl (C=O) groups is 1. The fraction of sp³-hybridized carbons (Fsp3) is 0.238. The molecule has 0 bridgehead atoms. The Hall–Kier alpha value is -3.68. The van der Waals surface area contributed by atoms with Gasteiger partial charge in [-0.1, -0.05) is 12.1 Å². The molecule has 1 aromatic carbocycles. The Morgan fingerprint density at radius 1 is 1.14 bits per heavy atom. The third-order valence-corrected chi connectivity index (χ3v) is 5.06. The van der Waals surface area contributed by atoms with Crippen LogP contribution in [0.1, 0.15) is 32.9 Å². The van der Waals surface area contributed by atoms with Crippen LogP contribution in [-0.4, -0.2) is 30.1 Å². The van der Waals surface area contributed by atoms with Gasteiger partial charge in [-0.25, -0.2) is 4.98 Å². The van der Waals surface area contributed by atoms with E-state index < -0.39 is 0 Å². The third kappa shape index (κ3) is 3.56. The van der Waals surface area contributed by atoms with Gasteiger partial charge in [-0.3, -0.25) is 18.7 Å². The van der Waals surface area contributed by atoms with Crippen LogP contribution in [0.4, 0.5) is 0 Å². The van der Waals surface area contributed by atoms with E-state index in [1.54, 1.807) is 21.5 Å². The molecular formula is C21H22N6O2. The van der Waals surface area contributed by atoms with E-state index in [0.717, 1.165) is 22.4 Å². The van der Waals surface area contributed by atoms with E-state index in [2.05, 4.69) is 20.4 Å². The molecule has 0 aliphatic rings. The lowest BCUT2D eigenvalue weighted by atomic mass is 10.0. The Kier molecular flexibility index (Phi) is 4.54. The van der Waals surface area contributed by atoms with Crippen LogP contribution in [0.5, 0.6) is 0 Å². The summed E-state index contributed by atoms with van der Waals surface area (Å²) in [6.45, 7) is 6.30. The van der Waals surface area contributed by atoms with E-state index in [1.807, 2.05) is 52.2 Å². The Morgan fingerprint density at radius 3 is 2.62 bits per heavy atom. The number of carbonyl (C=O) groups excluding carboxylic acids is 1. The SMILES string of the molecule is Cc1ccc(-c2cn3cc(C(=O)NCc4cn(C)nc4C)nc3c(=O)[nH]2)cc1C. The Balaban J connectivity index is 1.62. The number of H-pyrrole nitrogens is 1. The largest absolute Gasteiger partial charge is 0.346 e. The van der Waals surface area contributed by atoms with Crippen molar-refractivity contribution in [1.29, 1.82) is 0 Å². The van der Waals surface area contributed by atoms with Crippen molar-refractivity contribution in [1.82, 2.24) is 29.5 Å². The molecule has 4 rings (SSSR count). The molecule has 0 aliphatic carbocycles. The number of nitrogens with zero attached hydrogens (tertiary/aromatic N) is 4. The average molecular weight is 390 g/mol. The van der Waals surface area contributed by atoms with E-state index in [4.69, 9.17) is 0 Å². The Bertz CT molecular complexity index is 1290. The highest BCUT2D eigenvalue weighted by Gasteiger charge is 2.15. The van der Waals surface area contributed by atoms with Crippen LogP contribution >= 0.6 is 0 Å². The predicted molar refractivity (Wildman–Crippen MR) is 110 cm³/mol. The molecule has 0 aliphatic heterocycles. The molecule has 0 saturated heterocycles. The van der Waals surface area contributed by atoms with E-state index in [0.29, 0.717) is 12.2 Å². The van der Waals surface area contributed by atoms with Crippen LogP contribution in [0, 0.1) is 20.8 Å². The van der Waals surface area contributed by atoms with E-state index >= 15 is 0 Å². The zero-order chi connectivity index (χ0) is 20.7. The first-order chi connectivity index (χ1) is 13.8. The average Bonchev–Trinajstić information content (AvgIpc) is 3.25. The van der Waals surface area contributed by atoms with Gasteiger partial charge in [0.1, 0.15) is 5.69 Å². The summed E-state index contributed by atoms with van der Waals surface area (Å²) in [5.41, 5.74) is 5.71. The minimum absolute atomic E-state index is 0.181. The summed E-state index contributed by atoms with van der Waals surface area (Å²) < 4.78 is 3.29. The number of fused-ring (bicyclic) bond motifs is 1. The van der Waals surface area contributed by atoms with Crippen molar-refractivity contribution in [2.75, 3.05) is 0 Å². The van der Waals surface area contributed by atoms with Gasteiger partial charge in [0, 0.05) is 37.7 Å². The first-order valence-corrected chi connectivity index (χ1v) is 9.29. The molecule has 0 unspecified atom stereocenters. The molecule has 8 heteroatoms. The first-order valence-electron chi connectivity index (χ1n) is 9.29. The fourth-order valence-corrected chi connectivity index (χ4v) is 3.26. The second-order valence-corrected chi connectivity index (χ2v) is 7.25. The molecule has 0 spiro atoms. The molecule has 0 radical (unpaired) electrons. The van der Waals surface area contributed by atoms with Crippen molar-refractivity contribution < 1.29 is 4.79 Å². The maximum Gasteiger partial charge on any atom is 0.292 e. The number of aromatic nitrogens is 5. The van der Waals surface area contributed by atoms with Gasteiger partial charge < -0.3 is 10.3 Å². The third-order valence-electron chi connectivity index (χ3n) is 5.06. The number of hydrogen-bond acceptors (Lipinski definition) is 4. The first kappa shape index (κ1) is 18.7. The normalized spacial score (nSPS) is 11.2. The van der Waals surface area contributed by atoms with Crippen molar-refractivity contribution in [3.63, 3.8) is 0 Å². The molecule has 8 nitrogen and oxygen atoms in total. The Morgan fingerprint density at radius 2 is 1.93 bits per heavy atom. The number of benzene rings is 1. The van der Waals surface area contributed by atoms with Gasteiger partial charge in [0.05, 0.1) is 11.4 Å². The number of amides is 1. The lowest BCUT2D eigenvalue weighted by Crippen LogP contribution is -2.23. The molecule has 3 heterocycles. The molecule has 148 valence electrons. The van der Waals surface area contributed by atoms with Crippen molar-refractivity contribution in [2.45, 2.75) is 27.3 Å². The molecule has 2 N–H and O–H groups in total. The van der Waals surface area contributed by atoms with Gasteiger partial charge in [0.2, 0.25) is 5.65 Å². The maximum absolute atomic E-state index is 12.5. The number of aromatic amines is 1. The van der Waals surface area contributed by atoms with Crippen LogP contribution in [0.3, 0.4) is 0 Å². The fourth-order valence-electron chi connectivity index (χ4n) is 3.26. The number of imidazole rings is 1. The molecule has 4 aromatic rings. The minimum atomic E-state index is -0.345.